The van der Waals surface area contributed by atoms with Gasteiger partial charge in [0.15, 0.2) is 0 Å². The highest BCUT2D eigenvalue weighted by atomic mass is 15.1. The third-order valence-corrected chi connectivity index (χ3v) is 4.80. The molecule has 18 heavy (non-hydrogen) atoms. The maximum Gasteiger partial charge on any atom is 0.0114 e. The van der Waals surface area contributed by atoms with Crippen LogP contribution in [0.1, 0.15) is 30.4 Å². The molecule has 1 fully saturated rings. The molecule has 1 aromatic carbocycles. The summed E-state index contributed by atoms with van der Waals surface area (Å²) in [4.78, 5) is 2.67. The zero-order valence-electron chi connectivity index (χ0n) is 11.5. The number of piperidine rings is 1. The van der Waals surface area contributed by atoms with Gasteiger partial charge in [-0.3, -0.25) is 0 Å². The fraction of sp³-hybridized carbons (Fsp3) is 0.625. The Bertz CT molecular complexity index is 415. The molecule has 3 rings (SSSR count). The van der Waals surface area contributed by atoms with Gasteiger partial charge in [0.1, 0.15) is 0 Å². The Morgan fingerprint density at radius 1 is 1.33 bits per heavy atom. The van der Waals surface area contributed by atoms with Gasteiger partial charge in [0.2, 0.25) is 0 Å². The van der Waals surface area contributed by atoms with Gasteiger partial charge in [-0.15, -0.1) is 0 Å². The first-order valence-electron chi connectivity index (χ1n) is 7.25. The highest BCUT2D eigenvalue weighted by molar-refractivity contribution is 5.40. The third kappa shape index (κ3) is 2.19. The van der Waals surface area contributed by atoms with Crippen molar-refractivity contribution in [3.05, 3.63) is 35.4 Å². The molecule has 1 N–H and O–H groups in total. The van der Waals surface area contributed by atoms with Crippen molar-refractivity contribution >= 4 is 0 Å². The topological polar surface area (TPSA) is 15.3 Å². The molecule has 0 saturated carbocycles. The lowest BCUT2D eigenvalue weighted by atomic mass is 9.77. The lowest BCUT2D eigenvalue weighted by Gasteiger charge is -2.41. The Morgan fingerprint density at radius 3 is 2.89 bits per heavy atom. The molecule has 2 heteroatoms. The van der Waals surface area contributed by atoms with Gasteiger partial charge in [0.05, 0.1) is 0 Å². The lowest BCUT2D eigenvalue weighted by Crippen LogP contribution is -2.48. The fourth-order valence-corrected chi connectivity index (χ4v) is 3.66. The number of fused-ring (bicyclic) bond motifs is 1. The normalized spacial score (nSPS) is 31.8. The van der Waals surface area contributed by atoms with Crippen LogP contribution < -0.4 is 5.32 Å². The first-order chi connectivity index (χ1) is 8.78. The minimum absolute atomic E-state index is 0.718. The summed E-state index contributed by atoms with van der Waals surface area (Å²) in [6, 6.07) is 9.65. The van der Waals surface area contributed by atoms with Crippen molar-refractivity contribution in [2.45, 2.75) is 31.7 Å². The highest BCUT2D eigenvalue weighted by Crippen LogP contribution is 2.35. The SMILES string of the molecule is CNC1CCN(CC2Cc3ccccc32)CC1C. The number of hydrogen-bond donors (Lipinski definition) is 1. The summed E-state index contributed by atoms with van der Waals surface area (Å²) in [6.07, 6.45) is 2.59. The molecule has 0 amide bonds. The predicted molar refractivity (Wildman–Crippen MR) is 76.0 cm³/mol. The van der Waals surface area contributed by atoms with Crippen LogP contribution in [-0.4, -0.2) is 37.6 Å². The molecule has 1 aromatic rings. The Morgan fingerprint density at radius 2 is 2.17 bits per heavy atom. The average molecular weight is 244 g/mol. The highest BCUT2D eigenvalue weighted by Gasteiger charge is 2.30. The minimum atomic E-state index is 0.718. The van der Waals surface area contributed by atoms with E-state index < -0.39 is 0 Å². The number of nitrogens with zero attached hydrogens (tertiary/aromatic N) is 1. The number of rotatable bonds is 3. The molecule has 0 spiro atoms. The van der Waals surface area contributed by atoms with Crippen molar-refractivity contribution < 1.29 is 0 Å². The van der Waals surface area contributed by atoms with Crippen molar-refractivity contribution in [3.8, 4) is 0 Å². The van der Waals surface area contributed by atoms with E-state index in [4.69, 9.17) is 0 Å². The Kier molecular flexibility index (Phi) is 3.40. The van der Waals surface area contributed by atoms with Crippen molar-refractivity contribution in [1.29, 1.82) is 0 Å². The van der Waals surface area contributed by atoms with Gasteiger partial charge in [0, 0.05) is 25.0 Å². The standard InChI is InChI=1S/C16H24N2/c1-12-10-18(8-7-16(12)17-2)11-14-9-13-5-3-4-6-15(13)14/h3-6,12,14,16-17H,7-11H2,1-2H3. The van der Waals surface area contributed by atoms with E-state index in [1.54, 1.807) is 11.1 Å². The summed E-state index contributed by atoms with van der Waals surface area (Å²) in [5.74, 6) is 1.57. The van der Waals surface area contributed by atoms with Gasteiger partial charge >= 0.3 is 0 Å². The molecule has 1 aliphatic carbocycles. The van der Waals surface area contributed by atoms with Crippen LogP contribution in [0, 0.1) is 5.92 Å². The molecule has 1 heterocycles. The van der Waals surface area contributed by atoms with Crippen LogP contribution in [0.15, 0.2) is 24.3 Å². The minimum Gasteiger partial charge on any atom is -0.317 e. The second kappa shape index (κ2) is 5.02. The first kappa shape index (κ1) is 12.2. The van der Waals surface area contributed by atoms with Crippen molar-refractivity contribution in [1.82, 2.24) is 10.2 Å². The Hall–Kier alpha value is -0.860. The molecule has 3 unspecified atom stereocenters. The van der Waals surface area contributed by atoms with E-state index in [0.717, 1.165) is 17.9 Å². The molecule has 1 saturated heterocycles. The zero-order valence-corrected chi connectivity index (χ0v) is 11.5. The molecular formula is C16H24N2. The van der Waals surface area contributed by atoms with Gasteiger partial charge in [-0.1, -0.05) is 31.2 Å². The van der Waals surface area contributed by atoms with Crippen molar-refractivity contribution in [2.24, 2.45) is 5.92 Å². The van der Waals surface area contributed by atoms with Crippen LogP contribution in [0.4, 0.5) is 0 Å². The molecule has 0 bridgehead atoms. The summed E-state index contributed by atoms with van der Waals surface area (Å²) >= 11 is 0. The second-order valence-corrected chi connectivity index (χ2v) is 6.02. The van der Waals surface area contributed by atoms with E-state index in [1.807, 2.05) is 0 Å². The van der Waals surface area contributed by atoms with E-state index in [1.165, 1.54) is 32.5 Å². The molecule has 98 valence electrons. The summed E-state index contributed by atoms with van der Waals surface area (Å²) < 4.78 is 0. The molecule has 3 atom stereocenters. The van der Waals surface area contributed by atoms with E-state index in [2.05, 4.69) is 48.5 Å². The van der Waals surface area contributed by atoms with Crippen molar-refractivity contribution in [3.63, 3.8) is 0 Å². The number of likely N-dealkylation sites (tertiary alicyclic amines) is 1. The number of benzene rings is 1. The van der Waals surface area contributed by atoms with Gasteiger partial charge in [-0.2, -0.15) is 0 Å². The summed E-state index contributed by atoms with van der Waals surface area (Å²) in [5, 5.41) is 3.44. The predicted octanol–water partition coefficient (Wildman–Crippen LogP) is 2.26. The van der Waals surface area contributed by atoms with Gasteiger partial charge in [-0.05, 0) is 43.5 Å². The van der Waals surface area contributed by atoms with Gasteiger partial charge in [0.25, 0.3) is 0 Å². The molecule has 2 aliphatic rings. The Balaban J connectivity index is 1.57. The quantitative estimate of drug-likeness (QED) is 0.877. The number of hydrogen-bond acceptors (Lipinski definition) is 2. The summed E-state index contributed by atoms with van der Waals surface area (Å²) in [6.45, 7) is 6.15. The third-order valence-electron chi connectivity index (χ3n) is 4.80. The Labute approximate surface area is 110 Å². The van der Waals surface area contributed by atoms with Crippen LogP contribution in [-0.2, 0) is 6.42 Å². The molecule has 2 nitrogen and oxygen atoms in total. The zero-order chi connectivity index (χ0) is 12.5. The fourth-order valence-electron chi connectivity index (χ4n) is 3.66. The van der Waals surface area contributed by atoms with E-state index in [9.17, 15) is 0 Å². The van der Waals surface area contributed by atoms with Crippen LogP contribution in [0.3, 0.4) is 0 Å². The maximum absolute atomic E-state index is 3.44. The molecule has 0 aromatic heterocycles. The summed E-state index contributed by atoms with van der Waals surface area (Å²) in [7, 11) is 2.10. The van der Waals surface area contributed by atoms with Crippen molar-refractivity contribution in [2.75, 3.05) is 26.7 Å². The monoisotopic (exact) mass is 244 g/mol. The largest absolute Gasteiger partial charge is 0.317 e. The van der Waals surface area contributed by atoms with Crippen LogP contribution >= 0.6 is 0 Å². The van der Waals surface area contributed by atoms with Crippen LogP contribution in [0.2, 0.25) is 0 Å². The first-order valence-corrected chi connectivity index (χ1v) is 7.25. The molecular weight excluding hydrogens is 220 g/mol. The van der Waals surface area contributed by atoms with Crippen LogP contribution in [0.5, 0.6) is 0 Å². The lowest BCUT2D eigenvalue weighted by molar-refractivity contribution is 0.140. The van der Waals surface area contributed by atoms with Gasteiger partial charge < -0.3 is 10.2 Å². The molecule has 1 aliphatic heterocycles. The van der Waals surface area contributed by atoms with E-state index in [0.29, 0.717) is 0 Å². The molecule has 0 radical (unpaired) electrons. The number of nitrogens with one attached hydrogen (secondary N) is 1. The van der Waals surface area contributed by atoms with E-state index >= 15 is 0 Å². The smallest absolute Gasteiger partial charge is 0.0114 e. The summed E-state index contributed by atoms with van der Waals surface area (Å²) in [5.41, 5.74) is 3.17. The van der Waals surface area contributed by atoms with Crippen LogP contribution in [0.25, 0.3) is 0 Å². The second-order valence-electron chi connectivity index (χ2n) is 6.02. The van der Waals surface area contributed by atoms with E-state index in [-0.39, 0.29) is 0 Å². The average Bonchev–Trinajstić information content (AvgIpc) is 2.36. The maximum atomic E-state index is 3.44. The van der Waals surface area contributed by atoms with Gasteiger partial charge in [-0.25, -0.2) is 0 Å².